The first-order chi connectivity index (χ1) is 15.5. The third-order valence-corrected chi connectivity index (χ3v) is 5.82. The van der Waals surface area contributed by atoms with Crippen molar-refractivity contribution in [2.24, 2.45) is 12.1 Å². The van der Waals surface area contributed by atoms with Crippen LogP contribution in [0.2, 0.25) is 0 Å². The summed E-state index contributed by atoms with van der Waals surface area (Å²) >= 11 is 4.75. The Balaban J connectivity index is 1.54. The van der Waals surface area contributed by atoms with Gasteiger partial charge in [-0.05, 0) is 42.3 Å². The third-order valence-electron chi connectivity index (χ3n) is 4.30. The Bertz CT molecular complexity index is 1100. The van der Waals surface area contributed by atoms with E-state index in [-0.39, 0.29) is 11.7 Å². The maximum absolute atomic E-state index is 12.2. The minimum atomic E-state index is -0.242. The molecule has 0 saturated heterocycles. The van der Waals surface area contributed by atoms with Gasteiger partial charge in [-0.3, -0.25) is 4.79 Å². The molecular weight excluding hydrogens is 494 g/mol. The van der Waals surface area contributed by atoms with Gasteiger partial charge >= 0.3 is 0 Å². The van der Waals surface area contributed by atoms with E-state index in [1.165, 1.54) is 11.8 Å². The molecule has 32 heavy (non-hydrogen) atoms. The first kappa shape index (κ1) is 23.8. The van der Waals surface area contributed by atoms with Crippen LogP contribution in [0.15, 0.2) is 57.2 Å². The van der Waals surface area contributed by atoms with E-state index in [2.05, 4.69) is 36.7 Å². The van der Waals surface area contributed by atoms with Gasteiger partial charge in [-0.2, -0.15) is 5.10 Å². The molecule has 0 bridgehead atoms. The molecule has 1 heterocycles. The predicted octanol–water partition coefficient (Wildman–Crippen LogP) is 4.28. The SMILES string of the molecule is CCCOc1ccc(/C=N/NC(=O)CSc2nnc(-c3cccc(Br)c3)n2C)cc1OC. The van der Waals surface area contributed by atoms with Crippen molar-refractivity contribution in [1.82, 2.24) is 20.2 Å². The van der Waals surface area contributed by atoms with Gasteiger partial charge in [0.2, 0.25) is 0 Å². The molecule has 1 aromatic heterocycles. The van der Waals surface area contributed by atoms with Crippen LogP contribution in [-0.4, -0.2) is 46.4 Å². The number of hydrogen-bond acceptors (Lipinski definition) is 7. The number of aromatic nitrogens is 3. The zero-order chi connectivity index (χ0) is 22.9. The summed E-state index contributed by atoms with van der Waals surface area (Å²) < 4.78 is 13.8. The molecule has 0 fully saturated rings. The highest BCUT2D eigenvalue weighted by molar-refractivity contribution is 9.10. The minimum Gasteiger partial charge on any atom is -0.493 e. The summed E-state index contributed by atoms with van der Waals surface area (Å²) in [4.78, 5) is 12.2. The van der Waals surface area contributed by atoms with Gasteiger partial charge in [-0.1, -0.05) is 46.7 Å². The number of carbonyl (C=O) groups is 1. The molecule has 0 atom stereocenters. The van der Waals surface area contributed by atoms with E-state index in [0.29, 0.717) is 23.3 Å². The number of nitrogens with zero attached hydrogens (tertiary/aromatic N) is 4. The molecule has 3 rings (SSSR count). The van der Waals surface area contributed by atoms with E-state index in [4.69, 9.17) is 9.47 Å². The van der Waals surface area contributed by atoms with Gasteiger partial charge in [-0.25, -0.2) is 5.43 Å². The van der Waals surface area contributed by atoms with Crippen molar-refractivity contribution in [3.8, 4) is 22.9 Å². The Kier molecular flexibility index (Phi) is 8.69. The molecule has 0 saturated carbocycles. The highest BCUT2D eigenvalue weighted by Crippen LogP contribution is 2.28. The number of hydrazone groups is 1. The topological polar surface area (TPSA) is 90.6 Å². The van der Waals surface area contributed by atoms with Crippen molar-refractivity contribution in [2.45, 2.75) is 18.5 Å². The molecule has 8 nitrogen and oxygen atoms in total. The van der Waals surface area contributed by atoms with E-state index in [9.17, 15) is 4.79 Å². The Morgan fingerprint density at radius 1 is 1.25 bits per heavy atom. The molecule has 0 aliphatic rings. The number of halogens is 1. The van der Waals surface area contributed by atoms with E-state index >= 15 is 0 Å². The quantitative estimate of drug-likeness (QED) is 0.245. The van der Waals surface area contributed by atoms with Gasteiger partial charge in [-0.15, -0.1) is 10.2 Å². The molecule has 10 heteroatoms. The second kappa shape index (κ2) is 11.7. The maximum Gasteiger partial charge on any atom is 0.250 e. The van der Waals surface area contributed by atoms with Gasteiger partial charge in [0, 0.05) is 17.1 Å². The Morgan fingerprint density at radius 2 is 2.09 bits per heavy atom. The molecule has 0 aliphatic heterocycles. The van der Waals surface area contributed by atoms with Crippen LogP contribution < -0.4 is 14.9 Å². The number of rotatable bonds is 10. The number of thioether (sulfide) groups is 1. The zero-order valence-electron chi connectivity index (χ0n) is 18.0. The average molecular weight is 518 g/mol. The largest absolute Gasteiger partial charge is 0.493 e. The molecule has 2 aromatic carbocycles. The molecule has 168 valence electrons. The fourth-order valence-electron chi connectivity index (χ4n) is 2.76. The van der Waals surface area contributed by atoms with Crippen molar-refractivity contribution >= 4 is 39.8 Å². The number of nitrogens with one attached hydrogen (secondary N) is 1. The summed E-state index contributed by atoms with van der Waals surface area (Å²) in [5.41, 5.74) is 4.25. The van der Waals surface area contributed by atoms with Crippen molar-refractivity contribution in [2.75, 3.05) is 19.5 Å². The van der Waals surface area contributed by atoms with Crippen LogP contribution in [0.1, 0.15) is 18.9 Å². The highest BCUT2D eigenvalue weighted by Gasteiger charge is 2.13. The van der Waals surface area contributed by atoms with Crippen LogP contribution in [0.25, 0.3) is 11.4 Å². The summed E-state index contributed by atoms with van der Waals surface area (Å²) in [6.45, 7) is 2.66. The first-order valence-electron chi connectivity index (χ1n) is 9.92. The van der Waals surface area contributed by atoms with Crippen LogP contribution in [0.5, 0.6) is 11.5 Å². The lowest BCUT2D eigenvalue weighted by molar-refractivity contribution is -0.118. The number of ether oxygens (including phenoxy) is 2. The summed E-state index contributed by atoms with van der Waals surface area (Å²) in [5, 5.41) is 13.1. The van der Waals surface area contributed by atoms with Crippen molar-refractivity contribution in [3.05, 3.63) is 52.5 Å². The van der Waals surface area contributed by atoms with Crippen molar-refractivity contribution in [3.63, 3.8) is 0 Å². The number of methoxy groups -OCH3 is 1. The molecule has 3 aromatic rings. The Morgan fingerprint density at radius 3 is 2.84 bits per heavy atom. The highest BCUT2D eigenvalue weighted by atomic mass is 79.9. The second-order valence-corrected chi connectivity index (χ2v) is 8.57. The van der Waals surface area contributed by atoms with Crippen LogP contribution in [0.4, 0.5) is 0 Å². The fraction of sp³-hybridized carbons (Fsp3) is 0.273. The van der Waals surface area contributed by atoms with E-state index in [1.54, 1.807) is 19.4 Å². The monoisotopic (exact) mass is 517 g/mol. The third kappa shape index (κ3) is 6.33. The van der Waals surface area contributed by atoms with Crippen LogP contribution in [0, 0.1) is 0 Å². The molecule has 0 unspecified atom stereocenters. The predicted molar refractivity (Wildman–Crippen MR) is 129 cm³/mol. The molecule has 1 amide bonds. The maximum atomic E-state index is 12.2. The zero-order valence-corrected chi connectivity index (χ0v) is 20.4. The van der Waals surface area contributed by atoms with Gasteiger partial charge in [0.25, 0.3) is 5.91 Å². The molecule has 1 N–H and O–H groups in total. The van der Waals surface area contributed by atoms with Crippen LogP contribution in [-0.2, 0) is 11.8 Å². The number of benzene rings is 2. The van der Waals surface area contributed by atoms with Crippen LogP contribution in [0.3, 0.4) is 0 Å². The van der Waals surface area contributed by atoms with Gasteiger partial charge in [0.1, 0.15) is 0 Å². The van der Waals surface area contributed by atoms with Gasteiger partial charge < -0.3 is 14.0 Å². The fourth-order valence-corrected chi connectivity index (χ4v) is 3.86. The van der Waals surface area contributed by atoms with Crippen molar-refractivity contribution in [1.29, 1.82) is 0 Å². The molecule has 0 radical (unpaired) electrons. The molecule has 0 spiro atoms. The van der Waals surface area contributed by atoms with Crippen LogP contribution >= 0.6 is 27.7 Å². The summed E-state index contributed by atoms with van der Waals surface area (Å²) in [6, 6.07) is 13.3. The smallest absolute Gasteiger partial charge is 0.250 e. The van der Waals surface area contributed by atoms with E-state index in [0.717, 1.165) is 27.8 Å². The lowest BCUT2D eigenvalue weighted by Gasteiger charge is -2.10. The van der Waals surface area contributed by atoms with Gasteiger partial charge in [0.05, 0.1) is 25.7 Å². The first-order valence-corrected chi connectivity index (χ1v) is 11.7. The normalized spacial score (nSPS) is 11.0. The summed E-state index contributed by atoms with van der Waals surface area (Å²) in [7, 11) is 3.46. The number of hydrogen-bond donors (Lipinski definition) is 1. The average Bonchev–Trinajstić information content (AvgIpc) is 3.16. The number of carbonyl (C=O) groups excluding carboxylic acids is 1. The minimum absolute atomic E-state index is 0.162. The molecular formula is C22H24BrN5O3S. The van der Waals surface area contributed by atoms with Crippen molar-refractivity contribution < 1.29 is 14.3 Å². The van der Waals surface area contributed by atoms with Gasteiger partial charge in [0.15, 0.2) is 22.5 Å². The second-order valence-electron chi connectivity index (χ2n) is 6.72. The lowest BCUT2D eigenvalue weighted by atomic mass is 10.2. The summed E-state index contributed by atoms with van der Waals surface area (Å²) in [6.07, 6.45) is 2.47. The standard InChI is InChI=1S/C22H24BrN5O3S/c1-4-10-31-18-9-8-15(11-19(18)30-3)13-24-25-20(29)14-32-22-27-26-21(28(22)2)16-6-5-7-17(23)12-16/h5-9,11-13H,4,10,14H2,1-3H3,(H,25,29)/b24-13+. The Hall–Kier alpha value is -2.85. The summed E-state index contributed by atoms with van der Waals surface area (Å²) in [5.74, 6) is 1.95. The number of amides is 1. The van der Waals surface area contributed by atoms with E-state index < -0.39 is 0 Å². The Labute approximate surface area is 199 Å². The lowest BCUT2D eigenvalue weighted by Crippen LogP contribution is -2.19. The molecule has 0 aliphatic carbocycles. The van der Waals surface area contributed by atoms with E-state index in [1.807, 2.05) is 54.9 Å².